The number of rotatable bonds is 6. The maximum absolute atomic E-state index is 13.9. The first kappa shape index (κ1) is 30.7. The molecule has 0 aliphatic carbocycles. The second kappa shape index (κ2) is 13.7. The summed E-state index contributed by atoms with van der Waals surface area (Å²) in [5.41, 5.74) is 2.21. The van der Waals surface area contributed by atoms with Gasteiger partial charge in [0, 0.05) is 37.9 Å². The Hall–Kier alpha value is -3.70. The Balaban J connectivity index is 1.28. The zero-order chi connectivity index (χ0) is 30.3. The number of aromatic nitrogens is 2. The van der Waals surface area contributed by atoms with Gasteiger partial charge in [0.2, 0.25) is 21.8 Å². The van der Waals surface area contributed by atoms with Gasteiger partial charge >= 0.3 is 0 Å². The van der Waals surface area contributed by atoms with Crippen molar-refractivity contribution in [1.82, 2.24) is 24.9 Å². The van der Waals surface area contributed by atoms with E-state index in [1.165, 1.54) is 24.0 Å². The van der Waals surface area contributed by atoms with Crippen molar-refractivity contribution in [2.24, 2.45) is 5.41 Å². The molecule has 1 aromatic heterocycles. The molecule has 0 radical (unpaired) electrons. The van der Waals surface area contributed by atoms with Crippen molar-refractivity contribution >= 4 is 21.8 Å². The average molecular weight is 608 g/mol. The number of H-pyrrole nitrogens is 1. The molecule has 2 aromatic carbocycles. The van der Waals surface area contributed by atoms with Crippen molar-refractivity contribution in [3.63, 3.8) is 0 Å². The lowest BCUT2D eigenvalue weighted by Gasteiger charge is -2.41. The number of nitrogens with one attached hydrogen (secondary N) is 3. The zero-order valence-electron chi connectivity index (χ0n) is 24.7. The van der Waals surface area contributed by atoms with E-state index < -0.39 is 21.5 Å². The Morgan fingerprint density at radius 2 is 1.84 bits per heavy atom. The Bertz CT molecular complexity index is 1480. The summed E-state index contributed by atoms with van der Waals surface area (Å²) >= 11 is 0. The van der Waals surface area contributed by atoms with Crippen LogP contribution in [0.5, 0.6) is 5.75 Å². The first-order valence-corrected chi connectivity index (χ1v) is 16.6. The number of hydrogen-bond donors (Lipinski definition) is 3. The molecule has 230 valence electrons. The Morgan fingerprint density at radius 3 is 2.58 bits per heavy atom. The minimum Gasteiger partial charge on any atom is -0.493 e. The van der Waals surface area contributed by atoms with Gasteiger partial charge in [0.25, 0.3) is 0 Å². The predicted molar refractivity (Wildman–Crippen MR) is 163 cm³/mol. The number of fused-ring (bicyclic) bond motifs is 1. The number of ether oxygens (including phenoxy) is 1. The van der Waals surface area contributed by atoms with E-state index in [1.807, 2.05) is 25.1 Å². The molecule has 1 spiro atoms. The minimum absolute atomic E-state index is 0.0328. The van der Waals surface area contributed by atoms with E-state index in [4.69, 9.17) is 4.74 Å². The summed E-state index contributed by atoms with van der Waals surface area (Å²) < 4.78 is 35.2. The molecular formula is C32H41N5O5S. The SMILES string of the molecule is Cc1ccc(S(=O)(=O)NC(Cc2cnc[nH]2)C(=O)N2CCC3(CCCCc4ccccc4OCCCNC3=O)CC2)cc1. The maximum atomic E-state index is 13.9. The lowest BCUT2D eigenvalue weighted by molar-refractivity contribution is -0.142. The summed E-state index contributed by atoms with van der Waals surface area (Å²) in [5, 5.41) is 3.13. The molecule has 0 saturated carbocycles. The molecule has 2 aliphatic rings. The molecule has 1 saturated heterocycles. The highest BCUT2D eigenvalue weighted by atomic mass is 32.2. The fourth-order valence-corrected chi connectivity index (χ4v) is 7.20. The molecular weight excluding hydrogens is 566 g/mol. The van der Waals surface area contributed by atoms with E-state index in [0.29, 0.717) is 51.2 Å². The number of benzene rings is 2. The van der Waals surface area contributed by atoms with Crippen LogP contribution in [-0.2, 0) is 32.5 Å². The Morgan fingerprint density at radius 1 is 1.07 bits per heavy atom. The largest absolute Gasteiger partial charge is 0.493 e. The lowest BCUT2D eigenvalue weighted by Crippen LogP contribution is -2.55. The summed E-state index contributed by atoms with van der Waals surface area (Å²) in [5.74, 6) is 0.640. The van der Waals surface area contributed by atoms with Crippen LogP contribution in [0.1, 0.15) is 55.3 Å². The number of piperidine rings is 1. The van der Waals surface area contributed by atoms with E-state index in [9.17, 15) is 18.0 Å². The Kier molecular flexibility index (Phi) is 9.82. The molecule has 1 unspecified atom stereocenters. The summed E-state index contributed by atoms with van der Waals surface area (Å²) in [7, 11) is -3.95. The maximum Gasteiger partial charge on any atom is 0.241 e. The normalized spacial score (nSPS) is 18.7. The van der Waals surface area contributed by atoms with Gasteiger partial charge < -0.3 is 19.9 Å². The van der Waals surface area contributed by atoms with Crippen molar-refractivity contribution < 1.29 is 22.7 Å². The topological polar surface area (TPSA) is 133 Å². The standard InChI is InChI=1S/C32H41N5O5S/c1-24-10-12-27(13-11-24)43(40,41)36-28(21-26-22-33-23-35-26)30(38)37-18-15-32(16-19-37)14-5-4-8-25-7-2-3-9-29(25)42-20-6-17-34-31(32)39/h2-3,7,9-13,22-23,28,36H,4-6,8,14-21H2,1H3,(H,33,35)(H,34,39). The van der Waals surface area contributed by atoms with Crippen molar-refractivity contribution in [3.8, 4) is 5.75 Å². The van der Waals surface area contributed by atoms with Crippen LogP contribution in [0.4, 0.5) is 0 Å². The number of sulfonamides is 1. The van der Waals surface area contributed by atoms with Gasteiger partial charge in [-0.15, -0.1) is 0 Å². The van der Waals surface area contributed by atoms with Crippen molar-refractivity contribution in [3.05, 3.63) is 77.9 Å². The van der Waals surface area contributed by atoms with E-state index >= 15 is 0 Å². The zero-order valence-corrected chi connectivity index (χ0v) is 25.5. The fraction of sp³-hybridized carbons (Fsp3) is 0.469. The summed E-state index contributed by atoms with van der Waals surface area (Å²) in [6, 6.07) is 13.6. The Labute approximate surface area is 253 Å². The van der Waals surface area contributed by atoms with Gasteiger partial charge in [-0.05, 0) is 69.2 Å². The number of amides is 2. The van der Waals surface area contributed by atoms with E-state index in [0.717, 1.165) is 37.0 Å². The molecule has 1 atom stereocenters. The number of imidazole rings is 1. The third-order valence-corrected chi connectivity index (χ3v) is 10.1. The number of para-hydroxylation sites is 1. The number of nitrogens with zero attached hydrogens (tertiary/aromatic N) is 2. The van der Waals surface area contributed by atoms with Gasteiger partial charge in [-0.1, -0.05) is 42.3 Å². The number of carbonyl (C=O) groups is 2. The highest BCUT2D eigenvalue weighted by molar-refractivity contribution is 7.89. The molecule has 43 heavy (non-hydrogen) atoms. The van der Waals surface area contributed by atoms with Crippen LogP contribution in [0.15, 0.2) is 66.0 Å². The van der Waals surface area contributed by atoms with E-state index in [1.54, 1.807) is 23.2 Å². The molecule has 2 aliphatic heterocycles. The number of aryl methyl sites for hydroxylation is 2. The first-order chi connectivity index (χ1) is 20.8. The number of hydrogen-bond acceptors (Lipinski definition) is 6. The van der Waals surface area contributed by atoms with Crippen LogP contribution in [0.2, 0.25) is 0 Å². The highest BCUT2D eigenvalue weighted by Crippen LogP contribution is 2.38. The molecule has 3 heterocycles. The van der Waals surface area contributed by atoms with Gasteiger partial charge in [-0.25, -0.2) is 13.4 Å². The third kappa shape index (κ3) is 7.64. The van der Waals surface area contributed by atoms with E-state index in [2.05, 4.69) is 26.1 Å². The van der Waals surface area contributed by atoms with Crippen LogP contribution in [0.3, 0.4) is 0 Å². The minimum atomic E-state index is -3.95. The van der Waals surface area contributed by atoms with Gasteiger partial charge in [-0.3, -0.25) is 9.59 Å². The number of carbonyl (C=O) groups excluding carboxylic acids is 2. The predicted octanol–water partition coefficient (Wildman–Crippen LogP) is 3.53. The summed E-state index contributed by atoms with van der Waals surface area (Å²) in [4.78, 5) is 36.2. The van der Waals surface area contributed by atoms with Gasteiger partial charge in [0.1, 0.15) is 11.8 Å². The highest BCUT2D eigenvalue weighted by Gasteiger charge is 2.43. The summed E-state index contributed by atoms with van der Waals surface area (Å²) in [6.07, 6.45) is 8.43. The second-order valence-corrected chi connectivity index (χ2v) is 13.4. The third-order valence-electron chi connectivity index (χ3n) is 8.61. The van der Waals surface area contributed by atoms with Crippen LogP contribution < -0.4 is 14.8 Å². The molecule has 3 aromatic rings. The first-order valence-electron chi connectivity index (χ1n) is 15.1. The molecule has 11 heteroatoms. The van der Waals surface area contributed by atoms with Crippen molar-refractivity contribution in [2.75, 3.05) is 26.2 Å². The van der Waals surface area contributed by atoms with Crippen molar-refractivity contribution in [2.45, 2.75) is 69.2 Å². The smallest absolute Gasteiger partial charge is 0.241 e. The molecule has 0 bridgehead atoms. The van der Waals surface area contributed by atoms with E-state index in [-0.39, 0.29) is 23.1 Å². The summed E-state index contributed by atoms with van der Waals surface area (Å²) in [6.45, 7) is 3.70. The van der Waals surface area contributed by atoms with Crippen LogP contribution in [0, 0.1) is 12.3 Å². The molecule has 10 nitrogen and oxygen atoms in total. The van der Waals surface area contributed by atoms with Crippen LogP contribution in [-0.4, -0.2) is 67.4 Å². The lowest BCUT2D eigenvalue weighted by atomic mass is 9.73. The molecule has 2 amide bonds. The van der Waals surface area contributed by atoms with Crippen molar-refractivity contribution in [1.29, 1.82) is 0 Å². The quantitative estimate of drug-likeness (QED) is 0.393. The van der Waals surface area contributed by atoms with Crippen LogP contribution >= 0.6 is 0 Å². The monoisotopic (exact) mass is 607 g/mol. The average Bonchev–Trinajstić information content (AvgIpc) is 3.52. The van der Waals surface area contributed by atoms with Crippen LogP contribution in [0.25, 0.3) is 0 Å². The van der Waals surface area contributed by atoms with Gasteiger partial charge in [0.15, 0.2) is 0 Å². The number of aromatic amines is 1. The second-order valence-electron chi connectivity index (χ2n) is 11.6. The van der Waals surface area contributed by atoms with Gasteiger partial charge in [0.05, 0.1) is 23.2 Å². The fourth-order valence-electron chi connectivity index (χ4n) is 6.01. The number of likely N-dealkylation sites (tertiary alicyclic amines) is 1. The molecule has 1 fully saturated rings. The van der Waals surface area contributed by atoms with Gasteiger partial charge in [-0.2, -0.15) is 4.72 Å². The molecule has 3 N–H and O–H groups in total. The molecule has 5 rings (SSSR count).